The summed E-state index contributed by atoms with van der Waals surface area (Å²) in [5.41, 5.74) is 3.84. The van der Waals surface area contributed by atoms with Crippen LogP contribution in [0, 0.1) is 13.8 Å². The summed E-state index contributed by atoms with van der Waals surface area (Å²) in [6.45, 7) is 5.90. The topological polar surface area (TPSA) is 66.5 Å². The Labute approximate surface area is 156 Å². The molecule has 0 heterocycles. The Hall–Kier alpha value is -2.18. The fraction of sp³-hybridized carbons (Fsp3) is 0.350. The third-order valence-corrected chi connectivity index (χ3v) is 5.77. The van der Waals surface area contributed by atoms with Gasteiger partial charge in [-0.15, -0.1) is 0 Å². The van der Waals surface area contributed by atoms with Crippen molar-refractivity contribution in [1.29, 1.82) is 0 Å². The summed E-state index contributed by atoms with van der Waals surface area (Å²) in [5, 5.41) is 2.97. The van der Waals surface area contributed by atoms with E-state index >= 15 is 0 Å². The molecule has 1 N–H and O–H groups in total. The van der Waals surface area contributed by atoms with Crippen LogP contribution < -0.4 is 5.32 Å². The normalized spacial score (nSPS) is 14.1. The number of likely N-dealkylation sites (N-methyl/N-ethyl adjacent to an activating group) is 1. The highest BCUT2D eigenvalue weighted by atomic mass is 32.2. The van der Waals surface area contributed by atoms with Crippen molar-refractivity contribution in [3.63, 3.8) is 0 Å². The van der Waals surface area contributed by atoms with Crippen molar-refractivity contribution in [2.75, 3.05) is 13.3 Å². The van der Waals surface area contributed by atoms with E-state index in [2.05, 4.69) is 5.32 Å². The van der Waals surface area contributed by atoms with Crippen LogP contribution in [0.1, 0.15) is 41.3 Å². The summed E-state index contributed by atoms with van der Waals surface area (Å²) < 4.78 is 25.2. The van der Waals surface area contributed by atoms with Crippen molar-refractivity contribution in [3.8, 4) is 0 Å². The first kappa shape index (κ1) is 20.1. The smallest absolute Gasteiger partial charge is 0.243 e. The lowest BCUT2D eigenvalue weighted by Gasteiger charge is -2.27. The van der Waals surface area contributed by atoms with Crippen LogP contribution in [0.5, 0.6) is 0 Å². The molecule has 140 valence electrons. The minimum absolute atomic E-state index is 0.235. The van der Waals surface area contributed by atoms with E-state index in [4.69, 9.17) is 0 Å². The second-order valence-electron chi connectivity index (χ2n) is 6.68. The Kier molecular flexibility index (Phi) is 6.21. The lowest BCUT2D eigenvalue weighted by Crippen LogP contribution is -2.42. The zero-order valence-electron chi connectivity index (χ0n) is 15.9. The number of nitrogens with one attached hydrogen (secondary N) is 1. The predicted molar refractivity (Wildman–Crippen MR) is 104 cm³/mol. The molecule has 0 saturated carbocycles. The van der Waals surface area contributed by atoms with Crippen LogP contribution >= 0.6 is 0 Å². The average Bonchev–Trinajstić information content (AvgIpc) is 2.57. The summed E-state index contributed by atoms with van der Waals surface area (Å²) in [4.78, 5) is 13.0. The summed E-state index contributed by atoms with van der Waals surface area (Å²) in [6.07, 6.45) is 1.10. The first-order valence-corrected chi connectivity index (χ1v) is 10.3. The number of hydrogen-bond donors (Lipinski definition) is 1. The average molecular weight is 375 g/mol. The molecule has 2 atom stereocenters. The first-order valence-electron chi connectivity index (χ1n) is 8.46. The van der Waals surface area contributed by atoms with Crippen LogP contribution in [-0.4, -0.2) is 31.9 Å². The summed E-state index contributed by atoms with van der Waals surface area (Å²) >= 11 is 0. The van der Waals surface area contributed by atoms with Gasteiger partial charge in [0.05, 0.1) is 12.3 Å². The molecule has 0 unspecified atom stereocenters. The quantitative estimate of drug-likeness (QED) is 0.845. The summed E-state index contributed by atoms with van der Waals surface area (Å²) in [7, 11) is -2.11. The number of rotatable bonds is 6. The zero-order valence-corrected chi connectivity index (χ0v) is 16.7. The van der Waals surface area contributed by atoms with Crippen LogP contribution in [-0.2, 0) is 14.8 Å². The van der Waals surface area contributed by atoms with Gasteiger partial charge < -0.3 is 5.32 Å². The molecule has 0 aliphatic heterocycles. The highest BCUT2D eigenvalue weighted by Crippen LogP contribution is 2.25. The molecule has 6 heteroatoms. The van der Waals surface area contributed by atoms with Crippen molar-refractivity contribution in [3.05, 3.63) is 70.8 Å². The number of aryl methyl sites for hydroxylation is 2. The third-order valence-electron chi connectivity index (χ3n) is 4.51. The van der Waals surface area contributed by atoms with Gasteiger partial charge in [-0.2, -0.15) is 4.31 Å². The standard InChI is InChI=1S/C20H26N2O3S/c1-14-11-12-15(2)18(13-14)16(3)21-20(23)19(22(4)26(5,24)25)17-9-7-6-8-10-17/h6-13,16,19H,1-5H3,(H,21,23)/t16-,19-/m1/s1. The minimum Gasteiger partial charge on any atom is -0.348 e. The molecule has 0 bridgehead atoms. The molecule has 2 aromatic carbocycles. The van der Waals surface area contributed by atoms with Gasteiger partial charge in [-0.25, -0.2) is 8.42 Å². The highest BCUT2D eigenvalue weighted by molar-refractivity contribution is 7.88. The van der Waals surface area contributed by atoms with Crippen LogP contribution in [0.25, 0.3) is 0 Å². The number of benzene rings is 2. The Morgan fingerprint density at radius 1 is 1.08 bits per heavy atom. The molecule has 26 heavy (non-hydrogen) atoms. The van der Waals surface area contributed by atoms with Crippen molar-refractivity contribution in [1.82, 2.24) is 9.62 Å². The molecule has 0 saturated heterocycles. The lowest BCUT2D eigenvalue weighted by atomic mass is 9.99. The van der Waals surface area contributed by atoms with E-state index in [9.17, 15) is 13.2 Å². The van der Waals surface area contributed by atoms with E-state index < -0.39 is 16.1 Å². The Balaban J connectivity index is 2.33. The van der Waals surface area contributed by atoms with Gasteiger partial charge >= 0.3 is 0 Å². The van der Waals surface area contributed by atoms with Crippen molar-refractivity contribution < 1.29 is 13.2 Å². The van der Waals surface area contributed by atoms with E-state index in [1.807, 2.05) is 45.0 Å². The van der Waals surface area contributed by atoms with Gasteiger partial charge in [0, 0.05) is 7.05 Å². The van der Waals surface area contributed by atoms with Crippen molar-refractivity contribution in [2.45, 2.75) is 32.9 Å². The number of carbonyl (C=O) groups is 1. The van der Waals surface area contributed by atoms with Crippen molar-refractivity contribution >= 4 is 15.9 Å². The molecular weight excluding hydrogens is 348 g/mol. The van der Waals surface area contributed by atoms with E-state index in [0.29, 0.717) is 5.56 Å². The molecule has 5 nitrogen and oxygen atoms in total. The molecule has 2 rings (SSSR count). The molecular formula is C20H26N2O3S. The molecule has 0 spiro atoms. The monoisotopic (exact) mass is 374 g/mol. The fourth-order valence-electron chi connectivity index (χ4n) is 2.95. The van der Waals surface area contributed by atoms with Crippen molar-refractivity contribution in [2.24, 2.45) is 0 Å². The second kappa shape index (κ2) is 8.01. The van der Waals surface area contributed by atoms with Crippen LogP contribution in [0.15, 0.2) is 48.5 Å². The van der Waals surface area contributed by atoms with E-state index in [-0.39, 0.29) is 11.9 Å². The SMILES string of the molecule is Cc1ccc(C)c([C@@H](C)NC(=O)[C@@H](c2ccccc2)N(C)S(C)(=O)=O)c1. The third kappa shape index (κ3) is 4.71. The van der Waals surface area contributed by atoms with Crippen LogP contribution in [0.2, 0.25) is 0 Å². The van der Waals surface area contributed by atoms with Gasteiger partial charge in [-0.3, -0.25) is 4.79 Å². The second-order valence-corrected chi connectivity index (χ2v) is 8.72. The predicted octanol–water partition coefficient (Wildman–Crippen LogP) is 3.11. The summed E-state index contributed by atoms with van der Waals surface area (Å²) in [6, 6.07) is 13.9. The van der Waals surface area contributed by atoms with Gasteiger partial charge in [0.1, 0.15) is 6.04 Å². The van der Waals surface area contributed by atoms with Gasteiger partial charge in [0.25, 0.3) is 0 Å². The lowest BCUT2D eigenvalue weighted by molar-refractivity contribution is -0.125. The molecule has 0 aliphatic carbocycles. The van der Waals surface area contributed by atoms with Gasteiger partial charge in [-0.1, -0.05) is 54.1 Å². The molecule has 0 aromatic heterocycles. The first-order chi connectivity index (χ1) is 12.1. The Bertz CT molecular complexity index is 879. The molecule has 0 aliphatic rings. The minimum atomic E-state index is -3.54. The largest absolute Gasteiger partial charge is 0.348 e. The fourth-order valence-corrected chi connectivity index (χ4v) is 3.55. The number of amides is 1. The molecule has 0 radical (unpaired) electrons. The van der Waals surface area contributed by atoms with Gasteiger partial charge in [0.2, 0.25) is 15.9 Å². The highest BCUT2D eigenvalue weighted by Gasteiger charge is 2.31. The molecule has 0 fully saturated rings. The van der Waals surface area contributed by atoms with E-state index in [1.165, 1.54) is 7.05 Å². The molecule has 2 aromatic rings. The maximum atomic E-state index is 13.0. The Morgan fingerprint density at radius 2 is 1.69 bits per heavy atom. The number of nitrogens with zero attached hydrogens (tertiary/aromatic N) is 1. The van der Waals surface area contributed by atoms with E-state index in [1.54, 1.807) is 24.3 Å². The maximum absolute atomic E-state index is 13.0. The number of hydrogen-bond acceptors (Lipinski definition) is 3. The van der Waals surface area contributed by atoms with E-state index in [0.717, 1.165) is 27.3 Å². The van der Waals surface area contributed by atoms with Gasteiger partial charge in [0.15, 0.2) is 0 Å². The number of sulfonamides is 1. The maximum Gasteiger partial charge on any atom is 0.243 e. The Morgan fingerprint density at radius 3 is 2.27 bits per heavy atom. The molecule has 1 amide bonds. The number of carbonyl (C=O) groups excluding carboxylic acids is 1. The van der Waals surface area contributed by atoms with Gasteiger partial charge in [-0.05, 0) is 37.5 Å². The van der Waals surface area contributed by atoms with Crippen LogP contribution in [0.3, 0.4) is 0 Å². The van der Waals surface area contributed by atoms with Crippen LogP contribution in [0.4, 0.5) is 0 Å². The zero-order chi connectivity index (χ0) is 19.5. The summed E-state index contributed by atoms with van der Waals surface area (Å²) in [5.74, 6) is -0.350.